The van der Waals surface area contributed by atoms with Gasteiger partial charge in [-0.05, 0) is 13.8 Å². The Kier molecular flexibility index (Phi) is 29.2. The Morgan fingerprint density at radius 1 is 0.474 bits per heavy atom. The van der Waals surface area contributed by atoms with E-state index < -0.39 is 0 Å². The highest BCUT2D eigenvalue weighted by Gasteiger charge is 1.57. The molecule has 0 atom stereocenters. The standard InChI is InChI=1S/2C9H12.B/c2*1-3-5-7-9-8-6-4-2;/h2*3-9H,1H2,2H3;/b2*6-4+,7-5+,9-8+;. The Morgan fingerprint density at radius 2 is 0.737 bits per heavy atom. The summed E-state index contributed by atoms with van der Waals surface area (Å²) in [5.41, 5.74) is 0. The lowest BCUT2D eigenvalue weighted by atomic mass is 10.4. The third kappa shape index (κ3) is 31.4. The number of hydrogen-bond donors (Lipinski definition) is 0. The molecule has 0 aliphatic heterocycles. The second-order valence-corrected chi connectivity index (χ2v) is 3.06. The molecule has 0 saturated carbocycles. The van der Waals surface area contributed by atoms with Crippen LogP contribution < -0.4 is 0 Å². The molecule has 0 aromatic carbocycles. The van der Waals surface area contributed by atoms with E-state index >= 15 is 0 Å². The summed E-state index contributed by atoms with van der Waals surface area (Å²) in [5.74, 6) is 0. The molecule has 0 saturated heterocycles. The minimum Gasteiger partial charge on any atom is -0.0991 e. The maximum absolute atomic E-state index is 3.54. The van der Waals surface area contributed by atoms with E-state index in [-0.39, 0.29) is 8.41 Å². The monoisotopic (exact) mass is 251 g/mol. The predicted octanol–water partition coefficient (Wildman–Crippen LogP) is 5.34. The average Bonchev–Trinajstić information content (AvgIpc) is 2.39. The van der Waals surface area contributed by atoms with Crippen LogP contribution in [0.25, 0.3) is 0 Å². The summed E-state index contributed by atoms with van der Waals surface area (Å²) in [4.78, 5) is 0. The molecule has 0 spiro atoms. The first-order valence-electron chi connectivity index (χ1n) is 5.97. The Labute approximate surface area is 121 Å². The zero-order valence-electron chi connectivity index (χ0n) is 12.1. The first-order valence-corrected chi connectivity index (χ1v) is 5.97. The topological polar surface area (TPSA) is 0 Å². The first kappa shape index (κ1) is 22.2. The van der Waals surface area contributed by atoms with Gasteiger partial charge in [0.2, 0.25) is 0 Å². The van der Waals surface area contributed by atoms with Crippen LogP contribution in [0.4, 0.5) is 0 Å². The largest absolute Gasteiger partial charge is 0.0991 e. The van der Waals surface area contributed by atoms with Crippen molar-refractivity contribution >= 4 is 8.41 Å². The molecule has 99 valence electrons. The van der Waals surface area contributed by atoms with Gasteiger partial charge < -0.3 is 0 Å². The smallest absolute Gasteiger partial charge is 0 e. The SMILES string of the molecule is C=C/C=C/C=C/C=C/C.C=C/C=C/C=C/C=C/C.[B]. The van der Waals surface area contributed by atoms with Crippen LogP contribution in [0.5, 0.6) is 0 Å². The molecule has 0 amide bonds. The molecule has 0 aromatic heterocycles. The van der Waals surface area contributed by atoms with Gasteiger partial charge in [0, 0.05) is 8.41 Å². The Balaban J connectivity index is -0.000000256. The van der Waals surface area contributed by atoms with Gasteiger partial charge in [0.15, 0.2) is 0 Å². The molecule has 0 aliphatic rings. The van der Waals surface area contributed by atoms with Crippen LogP contribution in [0.15, 0.2) is 98.2 Å². The normalized spacial score (nSPS) is 11.5. The molecule has 0 heterocycles. The molecule has 0 rings (SSSR count). The Morgan fingerprint density at radius 3 is 1.00 bits per heavy atom. The highest BCUT2D eigenvalue weighted by molar-refractivity contribution is 5.75. The van der Waals surface area contributed by atoms with Gasteiger partial charge in [0.25, 0.3) is 0 Å². The Hall–Kier alpha value is -2.02. The molecule has 0 fully saturated rings. The van der Waals surface area contributed by atoms with E-state index in [2.05, 4.69) is 13.2 Å². The maximum atomic E-state index is 3.54. The highest BCUT2D eigenvalue weighted by Crippen LogP contribution is 1.79. The highest BCUT2D eigenvalue weighted by atomic mass is 13.7. The molecular formula is C18H24B. The second-order valence-electron chi connectivity index (χ2n) is 3.06. The van der Waals surface area contributed by atoms with Crippen LogP contribution in [0.2, 0.25) is 0 Å². The zero-order chi connectivity index (χ0) is 13.9. The van der Waals surface area contributed by atoms with E-state index in [1.807, 2.05) is 86.8 Å². The lowest BCUT2D eigenvalue weighted by molar-refractivity contribution is 1.73. The van der Waals surface area contributed by atoms with Gasteiger partial charge in [-0.1, -0.05) is 98.2 Å². The molecule has 0 nitrogen and oxygen atoms in total. The molecule has 0 bridgehead atoms. The summed E-state index contributed by atoms with van der Waals surface area (Å²) in [7, 11) is 0. The van der Waals surface area contributed by atoms with Crippen molar-refractivity contribution in [1.82, 2.24) is 0 Å². The van der Waals surface area contributed by atoms with E-state index in [9.17, 15) is 0 Å². The van der Waals surface area contributed by atoms with Crippen molar-refractivity contribution in [3.8, 4) is 0 Å². The molecule has 0 aromatic rings. The van der Waals surface area contributed by atoms with Crippen LogP contribution >= 0.6 is 0 Å². The first-order chi connectivity index (χ1) is 8.83. The molecular weight excluding hydrogens is 227 g/mol. The van der Waals surface area contributed by atoms with Crippen molar-refractivity contribution in [2.75, 3.05) is 0 Å². The van der Waals surface area contributed by atoms with Crippen molar-refractivity contribution in [3.05, 3.63) is 98.2 Å². The summed E-state index contributed by atoms with van der Waals surface area (Å²) in [6.07, 6.45) is 26.9. The van der Waals surface area contributed by atoms with Crippen LogP contribution in [-0.2, 0) is 0 Å². The van der Waals surface area contributed by atoms with E-state index in [1.165, 1.54) is 0 Å². The van der Waals surface area contributed by atoms with E-state index in [4.69, 9.17) is 0 Å². The second kappa shape index (κ2) is 25.0. The van der Waals surface area contributed by atoms with E-state index in [1.54, 1.807) is 12.2 Å². The zero-order valence-corrected chi connectivity index (χ0v) is 12.1. The lowest BCUT2D eigenvalue weighted by Gasteiger charge is -1.69. The molecule has 0 aliphatic carbocycles. The van der Waals surface area contributed by atoms with Crippen LogP contribution in [0.3, 0.4) is 0 Å². The predicted molar refractivity (Wildman–Crippen MR) is 92.3 cm³/mol. The van der Waals surface area contributed by atoms with Crippen LogP contribution in [0, 0.1) is 0 Å². The summed E-state index contributed by atoms with van der Waals surface area (Å²) < 4.78 is 0. The lowest BCUT2D eigenvalue weighted by Crippen LogP contribution is -1.47. The van der Waals surface area contributed by atoms with E-state index in [0.29, 0.717) is 0 Å². The minimum atomic E-state index is 0. The molecule has 3 radical (unpaired) electrons. The summed E-state index contributed by atoms with van der Waals surface area (Å²) in [6.45, 7) is 11.1. The van der Waals surface area contributed by atoms with Crippen molar-refractivity contribution in [1.29, 1.82) is 0 Å². The fraction of sp³-hybridized carbons (Fsp3) is 0.111. The number of rotatable bonds is 6. The fourth-order valence-electron chi connectivity index (χ4n) is 0.764. The van der Waals surface area contributed by atoms with Crippen molar-refractivity contribution in [3.63, 3.8) is 0 Å². The molecule has 0 N–H and O–H groups in total. The fourth-order valence-corrected chi connectivity index (χ4v) is 0.764. The third-order valence-electron chi connectivity index (χ3n) is 1.55. The van der Waals surface area contributed by atoms with Crippen LogP contribution in [0.1, 0.15) is 13.8 Å². The maximum Gasteiger partial charge on any atom is 0 e. The van der Waals surface area contributed by atoms with Gasteiger partial charge >= 0.3 is 0 Å². The van der Waals surface area contributed by atoms with Gasteiger partial charge in [0.05, 0.1) is 0 Å². The molecule has 1 heteroatoms. The quantitative estimate of drug-likeness (QED) is 0.441. The third-order valence-corrected chi connectivity index (χ3v) is 1.55. The van der Waals surface area contributed by atoms with Gasteiger partial charge in [-0.3, -0.25) is 0 Å². The summed E-state index contributed by atoms with van der Waals surface area (Å²) >= 11 is 0. The van der Waals surface area contributed by atoms with Crippen molar-refractivity contribution in [2.45, 2.75) is 13.8 Å². The van der Waals surface area contributed by atoms with Gasteiger partial charge in [-0.2, -0.15) is 0 Å². The van der Waals surface area contributed by atoms with E-state index in [0.717, 1.165) is 0 Å². The Bertz CT molecular complexity index is 314. The summed E-state index contributed by atoms with van der Waals surface area (Å²) in [5, 5.41) is 0. The van der Waals surface area contributed by atoms with Gasteiger partial charge in [-0.15, -0.1) is 0 Å². The molecule has 0 unspecified atom stereocenters. The van der Waals surface area contributed by atoms with Gasteiger partial charge in [0.1, 0.15) is 0 Å². The minimum absolute atomic E-state index is 0. The number of allylic oxidation sites excluding steroid dienone is 14. The molecule has 19 heavy (non-hydrogen) atoms. The van der Waals surface area contributed by atoms with Crippen molar-refractivity contribution in [2.24, 2.45) is 0 Å². The number of hydrogen-bond acceptors (Lipinski definition) is 0. The van der Waals surface area contributed by atoms with Crippen molar-refractivity contribution < 1.29 is 0 Å². The average molecular weight is 251 g/mol. The van der Waals surface area contributed by atoms with Crippen LogP contribution in [-0.4, -0.2) is 8.41 Å². The summed E-state index contributed by atoms with van der Waals surface area (Å²) in [6, 6.07) is 0. The van der Waals surface area contributed by atoms with Gasteiger partial charge in [-0.25, -0.2) is 0 Å².